The Morgan fingerprint density at radius 3 is 2.48 bits per heavy atom. The quantitative estimate of drug-likeness (QED) is 0.898. The monoisotopic (exact) mass is 367 g/mol. The molecule has 2 rings (SSSR count). The van der Waals surface area contributed by atoms with Gasteiger partial charge >= 0.3 is 0 Å². The van der Waals surface area contributed by atoms with Gasteiger partial charge in [-0.05, 0) is 38.1 Å². The number of carboxylic acids is 1. The number of carbonyl (C=O) groups is 2. The zero-order valence-corrected chi connectivity index (χ0v) is 13.7. The van der Waals surface area contributed by atoms with Crippen LogP contribution in [0.4, 0.5) is 5.69 Å². The van der Waals surface area contributed by atoms with E-state index in [9.17, 15) is 14.7 Å². The fraction of sp³-hybridized carbons (Fsp3) is 0.214. The van der Waals surface area contributed by atoms with Crippen molar-refractivity contribution in [3.63, 3.8) is 0 Å². The molecule has 0 radical (unpaired) electrons. The summed E-state index contributed by atoms with van der Waals surface area (Å²) >= 11 is 4.29. The van der Waals surface area contributed by atoms with Gasteiger partial charge in [0.15, 0.2) is 0 Å². The number of carboxylic acid groups (broad SMARTS) is 1. The molecule has 7 heteroatoms. The molecule has 1 aromatic carbocycles. The highest BCUT2D eigenvalue weighted by Crippen LogP contribution is 2.26. The number of hydrogen-bond acceptors (Lipinski definition) is 5. The highest BCUT2D eigenvalue weighted by molar-refractivity contribution is 9.10. The van der Waals surface area contributed by atoms with Crippen molar-refractivity contribution >= 4 is 44.8 Å². The summed E-state index contributed by atoms with van der Waals surface area (Å²) in [6.07, 6.45) is 0. The van der Waals surface area contributed by atoms with Gasteiger partial charge in [0, 0.05) is 10.2 Å². The van der Waals surface area contributed by atoms with Crippen molar-refractivity contribution in [3.05, 3.63) is 44.3 Å². The zero-order valence-electron chi connectivity index (χ0n) is 11.3. The minimum atomic E-state index is -1.27. The van der Waals surface area contributed by atoms with Gasteiger partial charge in [-0.3, -0.25) is 4.79 Å². The number of aromatic carboxylic acids is 1. The Kier molecular flexibility index (Phi) is 4.74. The maximum absolute atomic E-state index is 12.2. The topological polar surface area (TPSA) is 82.1 Å². The van der Waals surface area contributed by atoms with Gasteiger partial charge in [0.05, 0.1) is 22.5 Å². The van der Waals surface area contributed by atoms with Gasteiger partial charge < -0.3 is 15.2 Å². The van der Waals surface area contributed by atoms with E-state index in [-0.39, 0.29) is 10.8 Å². The Balaban J connectivity index is 2.13. The molecule has 0 bridgehead atoms. The number of halogens is 1. The van der Waals surface area contributed by atoms with Crippen LogP contribution in [0.15, 0.2) is 28.7 Å². The van der Waals surface area contributed by atoms with Gasteiger partial charge in [-0.2, -0.15) is 0 Å². The van der Waals surface area contributed by atoms with Gasteiger partial charge in [-0.15, -0.1) is 11.3 Å². The molecule has 1 atom stereocenters. The van der Waals surface area contributed by atoms with Crippen molar-refractivity contribution in [2.24, 2.45) is 0 Å². The molecule has 0 aliphatic heterocycles. The first-order valence-electron chi connectivity index (χ1n) is 6.13. The minimum absolute atomic E-state index is 0.0632. The number of aromatic nitrogens is 1. The molecule has 1 heterocycles. The molecule has 1 aromatic heterocycles. The Hall–Kier alpha value is -1.73. The second-order valence-electron chi connectivity index (χ2n) is 4.47. The van der Waals surface area contributed by atoms with E-state index in [1.165, 1.54) is 0 Å². The fourth-order valence-electron chi connectivity index (χ4n) is 1.69. The van der Waals surface area contributed by atoms with E-state index in [0.29, 0.717) is 16.4 Å². The molecule has 1 N–H and O–H groups in total. The van der Waals surface area contributed by atoms with Crippen LogP contribution in [-0.2, 0) is 4.79 Å². The number of nitrogens with zero attached hydrogens (tertiary/aromatic N) is 1. The average molecular weight is 368 g/mol. The summed E-state index contributed by atoms with van der Waals surface area (Å²) in [4.78, 5) is 27.3. The fourth-order valence-corrected chi connectivity index (χ4v) is 2.90. The summed E-state index contributed by atoms with van der Waals surface area (Å²) in [7, 11) is 0. The molecule has 21 heavy (non-hydrogen) atoms. The van der Waals surface area contributed by atoms with Crippen molar-refractivity contribution in [1.29, 1.82) is 0 Å². The molecule has 0 spiro atoms. The summed E-state index contributed by atoms with van der Waals surface area (Å²) in [5.74, 6) is -2.04. The van der Waals surface area contributed by atoms with E-state index in [1.807, 2.05) is 12.1 Å². The van der Waals surface area contributed by atoms with E-state index in [0.717, 1.165) is 15.8 Å². The summed E-state index contributed by atoms with van der Waals surface area (Å²) in [6, 6.07) is 7.19. The third kappa shape index (κ3) is 3.68. The van der Waals surface area contributed by atoms with Gasteiger partial charge in [0.25, 0.3) is 0 Å². The number of nitrogens with one attached hydrogen (secondary N) is 1. The smallest absolute Gasteiger partial charge is 0.234 e. The molecule has 0 aliphatic rings. The molecule has 0 saturated heterocycles. The normalized spacial score (nSPS) is 12.0. The first kappa shape index (κ1) is 15.7. The number of carbonyl (C=O) groups excluding carboxylic acids is 2. The van der Waals surface area contributed by atoms with Crippen molar-refractivity contribution in [1.82, 2.24) is 4.98 Å². The second-order valence-corrected chi connectivity index (χ2v) is 6.42. The van der Waals surface area contributed by atoms with Gasteiger partial charge in [0.1, 0.15) is 5.01 Å². The molecule has 110 valence electrons. The van der Waals surface area contributed by atoms with Crippen molar-refractivity contribution in [2.75, 3.05) is 5.32 Å². The van der Waals surface area contributed by atoms with Crippen LogP contribution >= 0.6 is 27.3 Å². The summed E-state index contributed by atoms with van der Waals surface area (Å²) in [5.41, 5.74) is 1.04. The van der Waals surface area contributed by atoms with Gasteiger partial charge in [0.2, 0.25) is 5.91 Å². The SMILES string of the molecule is Cc1nc([C@@H](C)C(=O)Nc2ccc(Br)cc2)sc1C(=O)[O-]. The average Bonchev–Trinajstić information content (AvgIpc) is 2.82. The Morgan fingerprint density at radius 1 is 1.33 bits per heavy atom. The number of anilines is 1. The number of aryl methyl sites for hydroxylation is 1. The summed E-state index contributed by atoms with van der Waals surface area (Å²) < 4.78 is 0.919. The van der Waals surface area contributed by atoms with Crippen LogP contribution in [0.3, 0.4) is 0 Å². The number of thiazole rings is 1. The third-order valence-electron chi connectivity index (χ3n) is 2.87. The molecule has 2 aromatic rings. The number of benzene rings is 1. The number of amides is 1. The van der Waals surface area contributed by atoms with Crippen LogP contribution in [0.1, 0.15) is 33.2 Å². The van der Waals surface area contributed by atoms with E-state index in [2.05, 4.69) is 26.2 Å². The van der Waals surface area contributed by atoms with E-state index >= 15 is 0 Å². The van der Waals surface area contributed by atoms with Crippen molar-refractivity contribution in [2.45, 2.75) is 19.8 Å². The molecule has 0 saturated carbocycles. The lowest BCUT2D eigenvalue weighted by atomic mass is 10.1. The molecule has 5 nitrogen and oxygen atoms in total. The van der Waals surface area contributed by atoms with E-state index in [1.54, 1.807) is 26.0 Å². The first-order valence-corrected chi connectivity index (χ1v) is 7.74. The molecular weight excluding hydrogens is 356 g/mol. The van der Waals surface area contributed by atoms with Crippen LogP contribution in [0.2, 0.25) is 0 Å². The number of rotatable bonds is 4. The predicted octanol–water partition coefficient (Wildman–Crippen LogP) is 2.32. The minimum Gasteiger partial charge on any atom is -0.544 e. The second kappa shape index (κ2) is 6.36. The van der Waals surface area contributed by atoms with Gasteiger partial charge in [-0.25, -0.2) is 4.98 Å². The first-order chi connectivity index (χ1) is 9.88. The molecule has 0 aliphatic carbocycles. The van der Waals surface area contributed by atoms with Crippen molar-refractivity contribution < 1.29 is 14.7 Å². The Bertz CT molecular complexity index is 682. The highest BCUT2D eigenvalue weighted by Gasteiger charge is 2.21. The molecule has 1 amide bonds. The molecular formula is C14H12BrN2O3S-. The van der Waals surface area contributed by atoms with Crippen LogP contribution in [0.25, 0.3) is 0 Å². The lowest BCUT2D eigenvalue weighted by Gasteiger charge is -2.09. The van der Waals surface area contributed by atoms with Crippen LogP contribution < -0.4 is 10.4 Å². The predicted molar refractivity (Wildman–Crippen MR) is 82.4 cm³/mol. The molecule has 0 fully saturated rings. The Labute approximate surface area is 134 Å². The Morgan fingerprint density at radius 2 is 1.95 bits per heavy atom. The van der Waals surface area contributed by atoms with Crippen molar-refractivity contribution in [3.8, 4) is 0 Å². The van der Waals surface area contributed by atoms with E-state index in [4.69, 9.17) is 0 Å². The number of hydrogen-bond donors (Lipinski definition) is 1. The van der Waals surface area contributed by atoms with Crippen LogP contribution in [0, 0.1) is 6.92 Å². The van der Waals surface area contributed by atoms with E-state index < -0.39 is 11.9 Å². The maximum atomic E-state index is 12.2. The summed E-state index contributed by atoms with van der Waals surface area (Å²) in [6.45, 7) is 3.27. The standard InChI is InChI=1S/C14H13BrN2O3S/c1-7(13-16-8(2)11(21-13)14(19)20)12(18)17-10-5-3-9(15)4-6-10/h3-7H,1-2H3,(H,17,18)(H,19,20)/p-1/t7-/m0/s1. The van der Waals surface area contributed by atoms with Crippen LogP contribution in [-0.4, -0.2) is 16.9 Å². The lowest BCUT2D eigenvalue weighted by Crippen LogP contribution is -2.21. The highest BCUT2D eigenvalue weighted by atomic mass is 79.9. The summed E-state index contributed by atoms with van der Waals surface area (Å²) in [5, 5.41) is 14.1. The lowest BCUT2D eigenvalue weighted by molar-refractivity contribution is -0.254. The zero-order chi connectivity index (χ0) is 15.6. The van der Waals surface area contributed by atoms with Gasteiger partial charge in [-0.1, -0.05) is 15.9 Å². The third-order valence-corrected chi connectivity index (χ3v) is 4.72. The van der Waals surface area contributed by atoms with Crippen LogP contribution in [0.5, 0.6) is 0 Å². The maximum Gasteiger partial charge on any atom is 0.234 e. The molecule has 0 unspecified atom stereocenters. The largest absolute Gasteiger partial charge is 0.544 e.